The average molecular weight is 354 g/mol. The minimum absolute atomic E-state index is 0.232. The number of ether oxygens (including phenoxy) is 2. The first-order chi connectivity index (χ1) is 12.6. The minimum Gasteiger partial charge on any atom is -0.494 e. The molecule has 2 aromatic carbocycles. The number of nitrogens with one attached hydrogen (secondary N) is 1. The predicted octanol–water partition coefficient (Wildman–Crippen LogP) is 4.57. The number of hydrogen-bond donors (Lipinski definition) is 1. The summed E-state index contributed by atoms with van der Waals surface area (Å²) >= 11 is 0. The van der Waals surface area contributed by atoms with Gasteiger partial charge >= 0.3 is 0 Å². The molecule has 0 amide bonds. The Morgan fingerprint density at radius 3 is 2.65 bits per heavy atom. The Morgan fingerprint density at radius 2 is 1.88 bits per heavy atom. The SMILES string of the molecule is COc1cc(Nc2ccc3c4c(n(C)c3c2)CCC(OC)C4)ccc1F. The van der Waals surface area contributed by atoms with Gasteiger partial charge in [0, 0.05) is 49.1 Å². The smallest absolute Gasteiger partial charge is 0.165 e. The van der Waals surface area contributed by atoms with Crippen molar-refractivity contribution >= 4 is 22.3 Å². The maximum absolute atomic E-state index is 13.6. The molecule has 0 bridgehead atoms. The summed E-state index contributed by atoms with van der Waals surface area (Å²) in [6.45, 7) is 0. The Morgan fingerprint density at radius 1 is 1.12 bits per heavy atom. The molecule has 3 aromatic rings. The lowest BCUT2D eigenvalue weighted by atomic mass is 9.93. The Kier molecular flexibility index (Phi) is 4.32. The molecule has 1 aromatic heterocycles. The second-order valence-corrected chi connectivity index (χ2v) is 6.79. The zero-order chi connectivity index (χ0) is 18.3. The lowest BCUT2D eigenvalue weighted by molar-refractivity contribution is 0.0908. The van der Waals surface area contributed by atoms with E-state index in [1.165, 1.54) is 35.3 Å². The third-order valence-corrected chi connectivity index (χ3v) is 5.35. The standard InChI is InChI=1S/C21H23FN2O2/c1-24-19-9-6-15(25-2)12-17(19)16-7-4-13(10-20(16)24)23-14-5-8-18(22)21(11-14)26-3/h4-5,7-8,10-11,15,23H,6,9,12H2,1-3H3. The Labute approximate surface area is 152 Å². The molecule has 1 aliphatic carbocycles. The van der Waals surface area contributed by atoms with Gasteiger partial charge in [0.05, 0.1) is 18.7 Å². The minimum atomic E-state index is -0.365. The van der Waals surface area contributed by atoms with Crippen LogP contribution in [0.4, 0.5) is 15.8 Å². The topological polar surface area (TPSA) is 35.4 Å². The molecule has 5 heteroatoms. The van der Waals surface area contributed by atoms with Crippen molar-refractivity contribution in [1.82, 2.24) is 4.57 Å². The Balaban J connectivity index is 1.69. The Hall–Kier alpha value is -2.53. The van der Waals surface area contributed by atoms with Crippen LogP contribution in [0.15, 0.2) is 36.4 Å². The van der Waals surface area contributed by atoms with Crippen LogP contribution in [0.2, 0.25) is 0 Å². The van der Waals surface area contributed by atoms with E-state index in [9.17, 15) is 4.39 Å². The molecule has 4 rings (SSSR count). The van der Waals surface area contributed by atoms with Crippen LogP contribution in [-0.4, -0.2) is 24.9 Å². The summed E-state index contributed by atoms with van der Waals surface area (Å²) in [4.78, 5) is 0. The number of fused-ring (bicyclic) bond motifs is 3. The summed E-state index contributed by atoms with van der Waals surface area (Å²) in [5.74, 6) is -0.132. The molecule has 1 aliphatic rings. The van der Waals surface area contributed by atoms with Crippen LogP contribution in [-0.2, 0) is 24.6 Å². The molecule has 0 fully saturated rings. The van der Waals surface area contributed by atoms with Crippen molar-refractivity contribution in [3.63, 3.8) is 0 Å². The van der Waals surface area contributed by atoms with Crippen molar-refractivity contribution in [2.45, 2.75) is 25.4 Å². The van der Waals surface area contributed by atoms with Gasteiger partial charge in [-0.3, -0.25) is 0 Å². The number of hydrogen-bond acceptors (Lipinski definition) is 3. The highest BCUT2D eigenvalue weighted by atomic mass is 19.1. The van der Waals surface area contributed by atoms with Crippen LogP contribution < -0.4 is 10.1 Å². The fourth-order valence-corrected chi connectivity index (χ4v) is 3.92. The van der Waals surface area contributed by atoms with Crippen molar-refractivity contribution in [3.8, 4) is 5.75 Å². The third kappa shape index (κ3) is 2.82. The average Bonchev–Trinajstić information content (AvgIpc) is 2.94. The molecule has 1 heterocycles. The van der Waals surface area contributed by atoms with E-state index in [2.05, 4.69) is 35.1 Å². The van der Waals surface area contributed by atoms with Gasteiger partial charge in [0.1, 0.15) is 0 Å². The van der Waals surface area contributed by atoms with E-state index in [1.54, 1.807) is 19.2 Å². The van der Waals surface area contributed by atoms with Crippen molar-refractivity contribution in [2.24, 2.45) is 7.05 Å². The first-order valence-electron chi connectivity index (χ1n) is 8.84. The number of benzene rings is 2. The van der Waals surface area contributed by atoms with Crippen molar-refractivity contribution < 1.29 is 13.9 Å². The fourth-order valence-electron chi connectivity index (χ4n) is 3.92. The summed E-state index contributed by atoms with van der Waals surface area (Å²) in [5, 5.41) is 4.62. The largest absolute Gasteiger partial charge is 0.494 e. The molecule has 4 nitrogen and oxygen atoms in total. The number of halogens is 1. The van der Waals surface area contributed by atoms with Crippen molar-refractivity contribution in [3.05, 3.63) is 53.5 Å². The van der Waals surface area contributed by atoms with E-state index in [4.69, 9.17) is 9.47 Å². The van der Waals surface area contributed by atoms with Crippen LogP contribution in [0.25, 0.3) is 10.9 Å². The van der Waals surface area contributed by atoms with Gasteiger partial charge in [-0.2, -0.15) is 0 Å². The van der Waals surface area contributed by atoms with Crippen LogP contribution in [0.3, 0.4) is 0 Å². The van der Waals surface area contributed by atoms with Gasteiger partial charge in [-0.1, -0.05) is 6.07 Å². The van der Waals surface area contributed by atoms with Gasteiger partial charge in [0.2, 0.25) is 0 Å². The van der Waals surface area contributed by atoms with Crippen LogP contribution in [0.1, 0.15) is 17.7 Å². The van der Waals surface area contributed by atoms with Gasteiger partial charge in [0.15, 0.2) is 11.6 Å². The quantitative estimate of drug-likeness (QED) is 0.745. The number of aryl methyl sites for hydroxylation is 1. The molecule has 26 heavy (non-hydrogen) atoms. The number of rotatable bonds is 4. The highest BCUT2D eigenvalue weighted by Crippen LogP contribution is 2.34. The van der Waals surface area contributed by atoms with Crippen molar-refractivity contribution in [1.29, 1.82) is 0 Å². The maximum atomic E-state index is 13.6. The highest BCUT2D eigenvalue weighted by Gasteiger charge is 2.24. The molecule has 0 aliphatic heterocycles. The Bertz CT molecular complexity index is 964. The summed E-state index contributed by atoms with van der Waals surface area (Å²) in [5.41, 5.74) is 5.75. The van der Waals surface area contributed by atoms with Crippen LogP contribution in [0, 0.1) is 5.82 Å². The number of nitrogens with zero attached hydrogens (tertiary/aromatic N) is 1. The summed E-state index contributed by atoms with van der Waals surface area (Å²) in [6.07, 6.45) is 3.37. The zero-order valence-corrected chi connectivity index (χ0v) is 15.3. The summed E-state index contributed by atoms with van der Waals surface area (Å²) in [6, 6.07) is 11.2. The lowest BCUT2D eigenvalue weighted by Crippen LogP contribution is -2.21. The van der Waals surface area contributed by atoms with Gasteiger partial charge in [0.25, 0.3) is 0 Å². The molecule has 136 valence electrons. The van der Waals surface area contributed by atoms with E-state index in [-0.39, 0.29) is 11.6 Å². The number of anilines is 2. The molecule has 1 N–H and O–H groups in total. The van der Waals surface area contributed by atoms with Gasteiger partial charge in [-0.15, -0.1) is 0 Å². The van der Waals surface area contributed by atoms with E-state index in [0.29, 0.717) is 6.10 Å². The summed E-state index contributed by atoms with van der Waals surface area (Å²) < 4.78 is 26.5. The molecule has 0 saturated heterocycles. The van der Waals surface area contributed by atoms with E-state index in [0.717, 1.165) is 30.6 Å². The summed E-state index contributed by atoms with van der Waals surface area (Å²) in [7, 11) is 5.38. The maximum Gasteiger partial charge on any atom is 0.165 e. The monoisotopic (exact) mass is 354 g/mol. The third-order valence-electron chi connectivity index (χ3n) is 5.35. The molecular weight excluding hydrogens is 331 g/mol. The first-order valence-corrected chi connectivity index (χ1v) is 8.84. The van der Waals surface area contributed by atoms with E-state index >= 15 is 0 Å². The molecular formula is C21H23FN2O2. The van der Waals surface area contributed by atoms with Gasteiger partial charge in [-0.25, -0.2) is 4.39 Å². The fraction of sp³-hybridized carbons (Fsp3) is 0.333. The normalized spacial score (nSPS) is 16.5. The number of aromatic nitrogens is 1. The van der Waals surface area contributed by atoms with Gasteiger partial charge in [-0.05, 0) is 42.7 Å². The molecule has 1 unspecified atom stereocenters. The first kappa shape index (κ1) is 16.9. The second-order valence-electron chi connectivity index (χ2n) is 6.79. The van der Waals surface area contributed by atoms with Crippen molar-refractivity contribution in [2.75, 3.05) is 19.5 Å². The lowest BCUT2D eigenvalue weighted by Gasteiger charge is -2.22. The van der Waals surface area contributed by atoms with Crippen LogP contribution in [0.5, 0.6) is 5.75 Å². The molecule has 0 spiro atoms. The number of methoxy groups -OCH3 is 2. The zero-order valence-electron chi connectivity index (χ0n) is 15.3. The molecule has 0 saturated carbocycles. The highest BCUT2D eigenvalue weighted by molar-refractivity contribution is 5.89. The predicted molar refractivity (Wildman–Crippen MR) is 102 cm³/mol. The molecule has 1 atom stereocenters. The van der Waals surface area contributed by atoms with Crippen LogP contribution >= 0.6 is 0 Å². The second kappa shape index (κ2) is 6.65. The van der Waals surface area contributed by atoms with E-state index in [1.807, 2.05) is 0 Å². The van der Waals surface area contributed by atoms with E-state index < -0.39 is 0 Å². The molecule has 0 radical (unpaired) electrons. The van der Waals surface area contributed by atoms with Gasteiger partial charge < -0.3 is 19.4 Å².